The van der Waals surface area contributed by atoms with Gasteiger partial charge in [0.15, 0.2) is 0 Å². The van der Waals surface area contributed by atoms with Gasteiger partial charge in [-0.05, 0) is 61.9 Å². The van der Waals surface area contributed by atoms with E-state index in [0.717, 1.165) is 22.5 Å². The lowest BCUT2D eigenvalue weighted by Gasteiger charge is -2.25. The third-order valence-electron chi connectivity index (χ3n) is 4.47. The number of sulfonamides is 1. The van der Waals surface area contributed by atoms with E-state index in [1.807, 2.05) is 0 Å². The van der Waals surface area contributed by atoms with Crippen molar-refractivity contribution in [3.05, 3.63) is 95.6 Å². The van der Waals surface area contributed by atoms with E-state index in [2.05, 4.69) is 5.32 Å². The first-order valence-corrected chi connectivity index (χ1v) is 11.0. The summed E-state index contributed by atoms with van der Waals surface area (Å²) < 4.78 is 55.6. The Morgan fingerprint density at radius 3 is 2.23 bits per heavy atom. The summed E-state index contributed by atoms with van der Waals surface area (Å²) in [6, 6.07) is 16.6. The zero-order chi connectivity index (χ0) is 22.6. The SMILES string of the molecule is CC(C)NC(=O)c1cc(N(Cc2ccccc2)S(=O)(=O)c2ccc(F)cc2)ccc1F. The van der Waals surface area contributed by atoms with Crippen LogP contribution < -0.4 is 9.62 Å². The molecule has 8 heteroatoms. The van der Waals surface area contributed by atoms with Crippen LogP contribution in [0.2, 0.25) is 0 Å². The molecule has 0 atom stereocenters. The Balaban J connectivity index is 2.10. The van der Waals surface area contributed by atoms with Crippen LogP contribution >= 0.6 is 0 Å². The van der Waals surface area contributed by atoms with Crippen molar-refractivity contribution in [3.63, 3.8) is 0 Å². The first-order chi connectivity index (χ1) is 14.7. The molecule has 0 aliphatic rings. The molecule has 3 aromatic carbocycles. The number of nitrogens with one attached hydrogen (secondary N) is 1. The monoisotopic (exact) mass is 444 g/mol. The van der Waals surface area contributed by atoms with Gasteiger partial charge in [-0.25, -0.2) is 17.2 Å². The first kappa shape index (κ1) is 22.4. The zero-order valence-corrected chi connectivity index (χ0v) is 17.9. The molecule has 0 heterocycles. The summed E-state index contributed by atoms with van der Waals surface area (Å²) in [4.78, 5) is 12.3. The van der Waals surface area contributed by atoms with Crippen LogP contribution in [0.25, 0.3) is 0 Å². The van der Waals surface area contributed by atoms with Crippen LogP contribution in [0.3, 0.4) is 0 Å². The number of rotatable bonds is 7. The van der Waals surface area contributed by atoms with E-state index in [4.69, 9.17) is 0 Å². The second-order valence-corrected chi connectivity index (χ2v) is 9.11. The Morgan fingerprint density at radius 2 is 1.61 bits per heavy atom. The maximum absolute atomic E-state index is 14.4. The van der Waals surface area contributed by atoms with Crippen LogP contribution in [0.4, 0.5) is 14.5 Å². The Hall–Kier alpha value is -3.26. The molecular formula is C23H22F2N2O3S. The summed E-state index contributed by atoms with van der Waals surface area (Å²) in [6.07, 6.45) is 0. The predicted octanol–water partition coefficient (Wildman–Crippen LogP) is 4.50. The lowest BCUT2D eigenvalue weighted by molar-refractivity contribution is 0.0939. The number of nitrogens with zero attached hydrogens (tertiary/aromatic N) is 1. The number of hydrogen-bond donors (Lipinski definition) is 1. The quantitative estimate of drug-likeness (QED) is 0.584. The summed E-state index contributed by atoms with van der Waals surface area (Å²) in [5.41, 5.74) is 0.535. The third-order valence-corrected chi connectivity index (χ3v) is 6.26. The van der Waals surface area contributed by atoms with Crippen molar-refractivity contribution in [2.45, 2.75) is 31.3 Å². The molecule has 31 heavy (non-hydrogen) atoms. The van der Waals surface area contributed by atoms with Crippen LogP contribution in [0.1, 0.15) is 29.8 Å². The smallest absolute Gasteiger partial charge is 0.264 e. The van der Waals surface area contributed by atoms with Gasteiger partial charge in [-0.3, -0.25) is 9.10 Å². The van der Waals surface area contributed by atoms with Gasteiger partial charge < -0.3 is 5.32 Å². The van der Waals surface area contributed by atoms with Gasteiger partial charge in [-0.2, -0.15) is 0 Å². The molecule has 0 aliphatic heterocycles. The molecule has 0 fully saturated rings. The maximum atomic E-state index is 14.4. The highest BCUT2D eigenvalue weighted by Gasteiger charge is 2.27. The van der Waals surface area contributed by atoms with E-state index in [9.17, 15) is 22.0 Å². The van der Waals surface area contributed by atoms with Crippen molar-refractivity contribution in [3.8, 4) is 0 Å². The maximum Gasteiger partial charge on any atom is 0.264 e. The Labute approximate surface area is 180 Å². The average Bonchev–Trinajstić information content (AvgIpc) is 2.73. The minimum absolute atomic E-state index is 0.0581. The highest BCUT2D eigenvalue weighted by Crippen LogP contribution is 2.28. The minimum atomic E-state index is -4.13. The van der Waals surface area contributed by atoms with Crippen molar-refractivity contribution in [2.24, 2.45) is 0 Å². The molecule has 0 saturated heterocycles. The van der Waals surface area contributed by atoms with Crippen molar-refractivity contribution < 1.29 is 22.0 Å². The lowest BCUT2D eigenvalue weighted by atomic mass is 10.1. The Morgan fingerprint density at radius 1 is 0.968 bits per heavy atom. The van der Waals surface area contributed by atoms with E-state index >= 15 is 0 Å². The van der Waals surface area contributed by atoms with Crippen molar-refractivity contribution in [2.75, 3.05) is 4.31 Å². The standard InChI is InChI=1S/C23H22F2N2O3S/c1-16(2)26-23(28)21-14-19(10-13-22(21)25)27(15-17-6-4-3-5-7-17)31(29,30)20-11-8-18(24)9-12-20/h3-14,16H,15H2,1-2H3,(H,26,28). The minimum Gasteiger partial charge on any atom is -0.350 e. The highest BCUT2D eigenvalue weighted by molar-refractivity contribution is 7.92. The van der Waals surface area contributed by atoms with Crippen molar-refractivity contribution in [1.29, 1.82) is 0 Å². The van der Waals surface area contributed by atoms with Gasteiger partial charge in [-0.1, -0.05) is 30.3 Å². The summed E-state index contributed by atoms with van der Waals surface area (Å²) in [7, 11) is -4.13. The van der Waals surface area contributed by atoms with Gasteiger partial charge in [0.1, 0.15) is 11.6 Å². The van der Waals surface area contributed by atoms with Crippen LogP contribution in [0.15, 0.2) is 77.7 Å². The number of hydrogen-bond acceptors (Lipinski definition) is 3. The van der Waals surface area contributed by atoms with Gasteiger partial charge >= 0.3 is 0 Å². The van der Waals surface area contributed by atoms with Crippen LogP contribution in [-0.2, 0) is 16.6 Å². The van der Waals surface area contributed by atoms with E-state index < -0.39 is 27.6 Å². The van der Waals surface area contributed by atoms with Gasteiger partial charge in [-0.15, -0.1) is 0 Å². The molecule has 0 aromatic heterocycles. The molecule has 162 valence electrons. The van der Waals surface area contributed by atoms with E-state index in [-0.39, 0.29) is 28.7 Å². The fourth-order valence-corrected chi connectivity index (χ4v) is 4.43. The zero-order valence-electron chi connectivity index (χ0n) is 17.0. The largest absolute Gasteiger partial charge is 0.350 e. The molecule has 1 N–H and O–H groups in total. The Kier molecular flexibility index (Phi) is 6.70. The number of benzene rings is 3. The number of anilines is 1. The molecule has 1 amide bonds. The third kappa shape index (κ3) is 5.27. The van der Waals surface area contributed by atoms with E-state index in [1.165, 1.54) is 24.3 Å². The summed E-state index contributed by atoms with van der Waals surface area (Å²) in [6.45, 7) is 3.41. The molecule has 3 rings (SSSR count). The molecule has 0 radical (unpaired) electrons. The topological polar surface area (TPSA) is 66.5 Å². The predicted molar refractivity (Wildman–Crippen MR) is 115 cm³/mol. The van der Waals surface area contributed by atoms with E-state index in [0.29, 0.717) is 5.56 Å². The summed E-state index contributed by atoms with van der Waals surface area (Å²) >= 11 is 0. The molecule has 0 unspecified atom stereocenters. The second kappa shape index (κ2) is 9.26. The average molecular weight is 445 g/mol. The van der Waals surface area contributed by atoms with Crippen molar-refractivity contribution in [1.82, 2.24) is 5.32 Å². The molecule has 3 aromatic rings. The fraction of sp³-hybridized carbons (Fsp3) is 0.174. The normalized spacial score (nSPS) is 11.4. The summed E-state index contributed by atoms with van der Waals surface area (Å²) in [5, 5.41) is 2.60. The number of carbonyl (C=O) groups excluding carboxylic acids is 1. The highest BCUT2D eigenvalue weighted by atomic mass is 32.2. The fourth-order valence-electron chi connectivity index (χ4n) is 2.98. The van der Waals surface area contributed by atoms with Crippen LogP contribution in [-0.4, -0.2) is 20.4 Å². The number of halogens is 2. The van der Waals surface area contributed by atoms with Crippen LogP contribution in [0, 0.1) is 11.6 Å². The van der Waals surface area contributed by atoms with Gasteiger partial charge in [0.2, 0.25) is 0 Å². The molecule has 0 bridgehead atoms. The Bertz CT molecular complexity index is 1170. The molecule has 0 aliphatic carbocycles. The molecular weight excluding hydrogens is 422 g/mol. The van der Waals surface area contributed by atoms with Crippen LogP contribution in [0.5, 0.6) is 0 Å². The second-order valence-electron chi connectivity index (χ2n) is 7.24. The lowest BCUT2D eigenvalue weighted by Crippen LogP contribution is -2.33. The van der Waals surface area contributed by atoms with Gasteiger partial charge in [0, 0.05) is 6.04 Å². The first-order valence-electron chi connectivity index (χ1n) is 9.61. The summed E-state index contributed by atoms with van der Waals surface area (Å²) in [5.74, 6) is -1.98. The molecule has 5 nitrogen and oxygen atoms in total. The molecule has 0 saturated carbocycles. The van der Waals surface area contributed by atoms with Gasteiger partial charge in [0.05, 0.1) is 22.7 Å². The van der Waals surface area contributed by atoms with Gasteiger partial charge in [0.25, 0.3) is 15.9 Å². The number of amides is 1. The van der Waals surface area contributed by atoms with Crippen molar-refractivity contribution >= 4 is 21.6 Å². The number of carbonyl (C=O) groups is 1. The molecule has 0 spiro atoms. The van der Waals surface area contributed by atoms with E-state index in [1.54, 1.807) is 44.2 Å².